The third kappa shape index (κ3) is 71.3. The number of hydrogen-bond donors (Lipinski definition) is 1. The number of hydrogen-bond acceptors (Lipinski definition) is 2. The summed E-state index contributed by atoms with van der Waals surface area (Å²) >= 11 is 0. The number of rotatable bonds is 0. The maximum atomic E-state index is 7.08. The zero-order chi connectivity index (χ0) is 2.71. The molecule has 5 heavy (non-hydrogen) atoms. The van der Waals surface area contributed by atoms with Gasteiger partial charge in [-0.15, -0.1) is 5.16 Å². The van der Waals surface area contributed by atoms with E-state index in [1.165, 1.54) is 0 Å². The van der Waals surface area contributed by atoms with Crippen molar-refractivity contribution in [2.45, 2.75) is 0 Å². The van der Waals surface area contributed by atoms with Crippen molar-refractivity contribution in [1.29, 1.82) is 0 Å². The Morgan fingerprint density at radius 3 is 1.80 bits per heavy atom. The Hall–Kier alpha value is 0.690. The van der Waals surface area contributed by atoms with Crippen LogP contribution in [0.25, 0.3) is 0 Å². The Morgan fingerprint density at radius 1 is 1.80 bits per heavy atom. The van der Waals surface area contributed by atoms with Crippen molar-refractivity contribution in [3.8, 4) is 0 Å². The van der Waals surface area contributed by atoms with Crippen LogP contribution in [0.15, 0.2) is 5.16 Å². The summed E-state index contributed by atoms with van der Waals surface area (Å²) in [4.78, 5) is 0. The van der Waals surface area contributed by atoms with Crippen LogP contribution in [0.4, 0.5) is 0 Å². The molecule has 4 heteroatoms. The first kappa shape index (κ1) is 17.3. The van der Waals surface area contributed by atoms with Crippen LogP contribution < -0.4 is 0 Å². The van der Waals surface area contributed by atoms with Crippen LogP contribution in [0.5, 0.6) is 0 Å². The van der Waals surface area contributed by atoms with E-state index in [9.17, 15) is 0 Å². The van der Waals surface area contributed by atoms with E-state index in [4.69, 9.17) is 5.21 Å². The molecule has 0 rings (SSSR count). The average Bonchev–Trinajstić information content (AvgIpc) is 0.918. The van der Waals surface area contributed by atoms with Crippen molar-refractivity contribution in [3.05, 3.63) is 0 Å². The minimum atomic E-state index is 0. The van der Waals surface area contributed by atoms with Crippen LogP contribution in [0.1, 0.15) is 2.85 Å². The molecule has 0 aromatic heterocycles. The van der Waals surface area contributed by atoms with Gasteiger partial charge in [-0.25, -0.2) is 0 Å². The Labute approximate surface area is 62.9 Å². The van der Waals surface area contributed by atoms with E-state index in [2.05, 4.69) is 11.9 Å². The summed E-state index contributed by atoms with van der Waals surface area (Å²) in [5.41, 5.74) is 0. The van der Waals surface area contributed by atoms with Crippen molar-refractivity contribution in [3.63, 3.8) is 0 Å². The third-order valence-corrected chi connectivity index (χ3v) is 0. The molecule has 0 aliphatic heterocycles. The van der Waals surface area contributed by atoms with Crippen LogP contribution >= 0.6 is 0 Å². The fraction of sp³-hybridized carbons (Fsp3) is 0. The summed E-state index contributed by atoms with van der Waals surface area (Å²) in [7, 11) is 0. The first-order valence-electron chi connectivity index (χ1n) is 0.516. The van der Waals surface area contributed by atoms with Gasteiger partial charge in [0, 0.05) is 6.72 Å². The molecule has 0 amide bonds. The molecular weight excluding hydrogens is 98.1 g/mol. The van der Waals surface area contributed by atoms with E-state index in [0.29, 0.717) is 0 Å². The average molecular weight is 105 g/mol. The molecular formula is CH7CaNO2. The van der Waals surface area contributed by atoms with Gasteiger partial charge in [0.05, 0.1) is 0 Å². The predicted molar refractivity (Wildman–Crippen MR) is 22.9 cm³/mol. The molecule has 0 aliphatic rings. The molecule has 0 aliphatic carbocycles. The zero-order valence-corrected chi connectivity index (χ0v) is 5.02. The Kier molecular flexibility index (Phi) is 77.4. The van der Waals surface area contributed by atoms with Crippen LogP contribution in [-0.4, -0.2) is 55.1 Å². The molecule has 3 N–H and O–H groups in total. The molecule has 0 saturated heterocycles. The van der Waals surface area contributed by atoms with Gasteiger partial charge in [-0.05, 0) is 0 Å². The van der Waals surface area contributed by atoms with Gasteiger partial charge >= 0.3 is 37.7 Å². The van der Waals surface area contributed by atoms with Gasteiger partial charge in [0.2, 0.25) is 0 Å². The second-order valence-electron chi connectivity index (χ2n) is 0.141. The SMILES string of the molecule is C=NO.O.[Ca+2].[H-].[H-]. The minimum absolute atomic E-state index is 0. The number of oxime groups is 1. The Balaban J connectivity index is -0.00000000333. The minimum Gasteiger partial charge on any atom is -1.00 e. The van der Waals surface area contributed by atoms with Gasteiger partial charge in [0.1, 0.15) is 0 Å². The van der Waals surface area contributed by atoms with Crippen LogP contribution in [0.2, 0.25) is 0 Å². The van der Waals surface area contributed by atoms with Gasteiger partial charge in [-0.1, -0.05) is 0 Å². The monoisotopic (exact) mass is 105 g/mol. The summed E-state index contributed by atoms with van der Waals surface area (Å²) < 4.78 is 0. The van der Waals surface area contributed by atoms with Gasteiger partial charge in [-0.3, -0.25) is 0 Å². The molecule has 3 nitrogen and oxygen atoms in total. The maximum Gasteiger partial charge on any atom is 2.00 e. The van der Waals surface area contributed by atoms with Gasteiger partial charge in [0.15, 0.2) is 0 Å². The second kappa shape index (κ2) is 22.4. The zero-order valence-electron chi connectivity index (χ0n) is 4.81. The molecule has 0 spiro atoms. The normalized spacial score (nSPS) is 2.40. The molecule has 0 fully saturated rings. The topological polar surface area (TPSA) is 64.1 Å². The third-order valence-electron chi connectivity index (χ3n) is 0. The van der Waals surface area contributed by atoms with Gasteiger partial charge in [0.25, 0.3) is 0 Å². The molecule has 30 valence electrons. The standard InChI is InChI=1S/CH3NO.Ca.H2O.2H/c1-2-3;;;;/h3H,1H2;;1H2;;/q;+2;;2*-1. The first-order valence-corrected chi connectivity index (χ1v) is 0.516. The van der Waals surface area contributed by atoms with Crippen LogP contribution in [0, 0.1) is 0 Å². The van der Waals surface area contributed by atoms with Crippen molar-refractivity contribution < 1.29 is 13.5 Å². The van der Waals surface area contributed by atoms with E-state index < -0.39 is 0 Å². The summed E-state index contributed by atoms with van der Waals surface area (Å²) in [5, 5.41) is 9.33. The second-order valence-corrected chi connectivity index (χ2v) is 0.141. The van der Waals surface area contributed by atoms with E-state index in [0.717, 1.165) is 0 Å². The summed E-state index contributed by atoms with van der Waals surface area (Å²) in [6, 6.07) is 0. The van der Waals surface area contributed by atoms with Gasteiger partial charge in [-0.2, -0.15) is 0 Å². The van der Waals surface area contributed by atoms with Crippen molar-refractivity contribution >= 4 is 44.5 Å². The van der Waals surface area contributed by atoms with Crippen molar-refractivity contribution in [2.75, 3.05) is 0 Å². The smallest absolute Gasteiger partial charge is 1.00 e. The molecule has 0 radical (unpaired) electrons. The molecule has 0 aromatic carbocycles. The van der Waals surface area contributed by atoms with E-state index >= 15 is 0 Å². The van der Waals surface area contributed by atoms with E-state index in [1.807, 2.05) is 0 Å². The van der Waals surface area contributed by atoms with Crippen molar-refractivity contribution in [2.24, 2.45) is 5.16 Å². The number of nitrogens with zero attached hydrogens (tertiary/aromatic N) is 1. The maximum absolute atomic E-state index is 7.08. The molecule has 0 atom stereocenters. The Morgan fingerprint density at radius 2 is 1.80 bits per heavy atom. The van der Waals surface area contributed by atoms with Gasteiger partial charge < -0.3 is 13.5 Å². The molecule has 0 unspecified atom stereocenters. The first-order chi connectivity index (χ1) is 1.41. The van der Waals surface area contributed by atoms with Crippen LogP contribution in [-0.2, 0) is 0 Å². The summed E-state index contributed by atoms with van der Waals surface area (Å²) in [5.74, 6) is 0. The summed E-state index contributed by atoms with van der Waals surface area (Å²) in [6.45, 7) is 2.67. The fourth-order valence-corrected chi connectivity index (χ4v) is 0. The molecule has 0 saturated carbocycles. The van der Waals surface area contributed by atoms with E-state index in [-0.39, 0.29) is 46.1 Å². The molecule has 0 bridgehead atoms. The Bertz CT molecular complexity index is 23.2. The van der Waals surface area contributed by atoms with Crippen molar-refractivity contribution in [1.82, 2.24) is 0 Å². The summed E-state index contributed by atoms with van der Waals surface area (Å²) in [6.07, 6.45) is 0. The largest absolute Gasteiger partial charge is 2.00 e. The molecule has 0 aromatic rings. The molecule has 0 heterocycles. The van der Waals surface area contributed by atoms with Crippen LogP contribution in [0.3, 0.4) is 0 Å². The predicted octanol–water partition coefficient (Wildman–Crippen LogP) is -0.904. The fourth-order valence-electron chi connectivity index (χ4n) is 0. The van der Waals surface area contributed by atoms with E-state index in [1.54, 1.807) is 0 Å². The quantitative estimate of drug-likeness (QED) is 0.184.